The largest absolute Gasteiger partial charge is 1.00 e. The normalized spacial score (nSPS) is 6.67. The van der Waals surface area contributed by atoms with Crippen LogP contribution in [-0.4, -0.2) is 6.03 Å². The summed E-state index contributed by atoms with van der Waals surface area (Å²) in [6.45, 7) is 0. The van der Waals surface area contributed by atoms with E-state index in [0.717, 1.165) is 0 Å². The molecule has 0 rings (SSSR count). The van der Waals surface area contributed by atoms with Crippen molar-refractivity contribution < 1.29 is 59.1 Å². The van der Waals surface area contributed by atoms with Gasteiger partial charge in [0.1, 0.15) is 0 Å². The zero-order chi connectivity index (χ0) is 7.15. The quantitative estimate of drug-likeness (QED) is 0.345. The van der Waals surface area contributed by atoms with Crippen molar-refractivity contribution in [3.8, 4) is 0 Å². The van der Waals surface area contributed by atoms with Crippen LogP contribution in [0.5, 0.6) is 0 Å². The molecule has 0 aliphatic rings. The number of amides is 2. The molecule has 8 heteroatoms. The molecule has 0 fully saturated rings. The van der Waals surface area contributed by atoms with Gasteiger partial charge >= 0.3 is 35.6 Å². The van der Waals surface area contributed by atoms with Crippen molar-refractivity contribution in [2.24, 2.45) is 11.5 Å². The third-order valence-electron chi connectivity index (χ3n) is 0. The summed E-state index contributed by atoms with van der Waals surface area (Å²) in [5.41, 5.74) is 8.50. The minimum absolute atomic E-state index is 0. The first-order valence-corrected chi connectivity index (χ1v) is 2.17. The van der Waals surface area contributed by atoms with Crippen LogP contribution >= 0.6 is 0 Å². The number of urea groups is 1. The fraction of sp³-hybridized carbons (Fsp3) is 0. The second kappa shape index (κ2) is 11.3. The predicted molar refractivity (Wildman–Crippen MR) is 13.8 cm³/mol. The molecule has 0 saturated heterocycles. The van der Waals surface area contributed by atoms with Gasteiger partial charge in [-0.3, -0.25) is 0 Å². The summed E-state index contributed by atoms with van der Waals surface area (Å²) < 4.78 is 25.2. The van der Waals surface area contributed by atoms with Crippen molar-refractivity contribution in [1.82, 2.24) is 0 Å². The van der Waals surface area contributed by atoms with Gasteiger partial charge in [-0.05, 0) is 0 Å². The summed E-state index contributed by atoms with van der Waals surface area (Å²) in [6, 6.07) is -0.833. The van der Waals surface area contributed by atoms with E-state index in [1.54, 1.807) is 0 Å². The van der Waals surface area contributed by atoms with Crippen LogP contribution in [0.3, 0.4) is 0 Å². The Balaban J connectivity index is -0.0000000720. The van der Waals surface area contributed by atoms with E-state index in [-0.39, 0.29) is 29.6 Å². The Morgan fingerprint density at radius 2 is 1.22 bits per heavy atom. The molecule has 0 aromatic heterocycles. The number of carbonyl (C=O) groups is 1. The zero-order valence-electron chi connectivity index (χ0n) is 4.67. The minimum atomic E-state index is -2.85. The van der Waals surface area contributed by atoms with Crippen molar-refractivity contribution >= 4 is 6.03 Å². The summed E-state index contributed by atoms with van der Waals surface area (Å²) in [6.07, 6.45) is 0. The van der Waals surface area contributed by atoms with Crippen molar-refractivity contribution in [2.75, 3.05) is 0 Å². The topological polar surface area (TPSA) is 138 Å². The third kappa shape index (κ3) is 1810. The van der Waals surface area contributed by atoms with Gasteiger partial charge in [0.2, 0.25) is 0 Å². The monoisotopic (exact) mass is 166 g/mol. The number of carbonyl (C=O) groups excluding carboxylic acids is 1. The fourth-order valence-electron chi connectivity index (χ4n) is 0. The van der Waals surface area contributed by atoms with Crippen molar-refractivity contribution in [2.45, 2.75) is 0 Å². The molecule has 0 aromatic carbocycles. The van der Waals surface area contributed by atoms with E-state index in [1.807, 2.05) is 0 Å². The molecule has 0 spiro atoms. The van der Waals surface area contributed by atoms with Crippen LogP contribution < -0.4 is 55.0 Å². The Labute approximate surface area is 76.5 Å². The minimum Gasteiger partial charge on any atom is -0.357 e. The number of hydrogen-bond acceptors (Lipinski definition) is 4. The van der Waals surface area contributed by atoms with Crippen LogP contribution in [0, 0.1) is 10.8 Å². The van der Waals surface area contributed by atoms with E-state index < -0.39 is 16.8 Å². The van der Waals surface area contributed by atoms with Crippen LogP contribution in [0.4, 0.5) is 4.79 Å². The molecule has 0 unspecified atom stereocenters. The van der Waals surface area contributed by atoms with Crippen LogP contribution in [0.15, 0.2) is 0 Å². The van der Waals surface area contributed by atoms with Gasteiger partial charge in [-0.15, -0.1) is 0 Å². The Morgan fingerprint density at radius 3 is 1.22 bits per heavy atom. The molecule has 9 heavy (non-hydrogen) atoms. The number of primary amides is 2. The van der Waals surface area contributed by atoms with Gasteiger partial charge in [-0.1, -0.05) is 0 Å². The maximum Gasteiger partial charge on any atom is 1.00 e. The number of halogens is 1. The van der Waals surface area contributed by atoms with Crippen molar-refractivity contribution in [3.63, 3.8) is 0 Å². The summed E-state index contributed by atoms with van der Waals surface area (Å²) in [5, 5.41) is 0. The average molecular weight is 166 g/mol. The summed E-state index contributed by atoms with van der Waals surface area (Å²) in [7, 11) is -2.85. The maximum atomic E-state index is 9.00. The molecular weight excluding hydrogens is 162 g/mol. The van der Waals surface area contributed by atoms with E-state index in [1.165, 1.54) is 0 Å². The first-order valence-electron chi connectivity index (χ1n) is 1.24. The van der Waals surface area contributed by atoms with E-state index in [0.29, 0.717) is 0 Å². The average Bonchev–Trinajstić information content (AvgIpc) is 1.25. The van der Waals surface area contributed by atoms with Gasteiger partial charge in [0.15, 0.2) is 0 Å². The first kappa shape index (κ1) is 16.2. The first-order chi connectivity index (χ1) is 3.46. The molecule has 0 bridgehead atoms. The second-order valence-corrected chi connectivity index (χ2v) is 0.969. The molecule has 50 valence electrons. The Hall–Kier alpha value is 0.440. The zero-order valence-corrected chi connectivity index (χ0v) is 7.42. The molecule has 0 heterocycles. The van der Waals surface area contributed by atoms with Crippen LogP contribution in [-0.2, 0) is 0 Å². The van der Waals surface area contributed by atoms with Crippen molar-refractivity contribution in [3.05, 3.63) is 0 Å². The van der Waals surface area contributed by atoms with Gasteiger partial charge in [0, 0.05) is 0 Å². The molecule has 0 radical (unpaired) electrons. The maximum absolute atomic E-state index is 9.00. The Bertz CT molecular complexity index is 62.8. The van der Waals surface area contributed by atoms with Gasteiger partial charge in [-0.25, -0.2) is 4.79 Å². The van der Waals surface area contributed by atoms with E-state index in [4.69, 9.17) is 18.8 Å². The fourth-order valence-corrected chi connectivity index (χ4v) is 0. The molecule has 4 N–H and O–H groups in total. The van der Waals surface area contributed by atoms with Crippen molar-refractivity contribution in [1.29, 1.82) is 0 Å². The SMILES string of the molecule is NC(N)=O.[Na+].[O-][Cl+2]([O-])[O-]. The smallest absolute Gasteiger partial charge is 0.357 e. The van der Waals surface area contributed by atoms with E-state index in [9.17, 15) is 0 Å². The number of nitrogens with two attached hydrogens (primary N) is 2. The Kier molecular flexibility index (Phi) is 20.3. The van der Waals surface area contributed by atoms with Gasteiger partial charge in [0.05, 0.1) is 10.8 Å². The molecule has 0 saturated carbocycles. The molecule has 0 aliphatic heterocycles. The summed E-state index contributed by atoms with van der Waals surface area (Å²) in [4.78, 5) is 9.00. The molecule has 0 aromatic rings. The van der Waals surface area contributed by atoms with Crippen LogP contribution in [0.1, 0.15) is 0 Å². The van der Waals surface area contributed by atoms with Gasteiger partial charge in [-0.2, -0.15) is 0 Å². The molecule has 0 atom stereocenters. The van der Waals surface area contributed by atoms with Crippen LogP contribution in [0.2, 0.25) is 0 Å². The molecule has 6 nitrogen and oxygen atoms in total. The van der Waals surface area contributed by atoms with E-state index in [2.05, 4.69) is 11.5 Å². The Morgan fingerprint density at radius 1 is 1.22 bits per heavy atom. The van der Waals surface area contributed by atoms with Gasteiger partial charge in [0.25, 0.3) is 0 Å². The number of hydrogen-bond donors (Lipinski definition) is 2. The summed E-state index contributed by atoms with van der Waals surface area (Å²) in [5.74, 6) is 0. The summed E-state index contributed by atoms with van der Waals surface area (Å²) >= 11 is 0. The molecule has 0 aliphatic carbocycles. The third-order valence-corrected chi connectivity index (χ3v) is 0. The molecule has 2 amide bonds. The predicted octanol–water partition coefficient (Wildman–Crippen LogP) is -7.54. The standard InChI is InChI=1S/CH4N2O.ClO3.Na/c2*2-1(3)4;/h(H4,2,3,4);;/q;-1;+1. The van der Waals surface area contributed by atoms with Crippen LogP contribution in [0.25, 0.3) is 0 Å². The second-order valence-electron chi connectivity index (χ2n) is 0.591. The van der Waals surface area contributed by atoms with Gasteiger partial charge < -0.3 is 25.4 Å². The molecular formula is CH4ClN2NaO4. The number of rotatable bonds is 0. The van der Waals surface area contributed by atoms with E-state index >= 15 is 0 Å².